The first-order valence-electron chi connectivity index (χ1n) is 6.81. The van der Waals surface area contributed by atoms with Crippen LogP contribution in [-0.2, 0) is 17.2 Å². The van der Waals surface area contributed by atoms with E-state index < -0.39 is 0 Å². The van der Waals surface area contributed by atoms with Crippen molar-refractivity contribution in [2.75, 3.05) is 13.2 Å². The largest absolute Gasteiger partial charge is 0.381 e. The number of halogens is 1. The minimum atomic E-state index is 0.428. The Bertz CT molecular complexity index is 551. The van der Waals surface area contributed by atoms with Crippen molar-refractivity contribution in [2.24, 2.45) is 5.92 Å². The summed E-state index contributed by atoms with van der Waals surface area (Å²) in [4.78, 5) is 8.59. The average Bonchev–Trinajstić information content (AvgIpc) is 3.19. The summed E-state index contributed by atoms with van der Waals surface area (Å²) in [5.74, 6) is 2.17. The quantitative estimate of drug-likeness (QED) is 0.578. The molecule has 2 aromatic heterocycles. The summed E-state index contributed by atoms with van der Waals surface area (Å²) in [6, 6.07) is 1.99. The van der Waals surface area contributed by atoms with Crippen LogP contribution in [0.1, 0.15) is 25.1 Å². The van der Waals surface area contributed by atoms with Gasteiger partial charge in [0.05, 0.1) is 17.6 Å². The molecule has 2 heterocycles. The van der Waals surface area contributed by atoms with Crippen LogP contribution in [0.25, 0.3) is 11.0 Å². The molecule has 102 valence electrons. The Morgan fingerprint density at radius 2 is 2.32 bits per heavy atom. The molecular formula is C14H18ClN3O. The van der Waals surface area contributed by atoms with Gasteiger partial charge in [-0.3, -0.25) is 4.98 Å². The second kappa shape index (κ2) is 5.88. The zero-order valence-electron chi connectivity index (χ0n) is 10.9. The normalized spacial score (nSPS) is 15.2. The van der Waals surface area contributed by atoms with Crippen LogP contribution in [0.4, 0.5) is 0 Å². The Labute approximate surface area is 117 Å². The van der Waals surface area contributed by atoms with Gasteiger partial charge in [-0.15, -0.1) is 11.6 Å². The maximum absolute atomic E-state index is 5.96. The second-order valence-electron chi connectivity index (χ2n) is 5.05. The predicted octanol–water partition coefficient (Wildman–Crippen LogP) is 2.99. The molecule has 1 aliphatic carbocycles. The smallest absolute Gasteiger partial charge is 0.124 e. The van der Waals surface area contributed by atoms with E-state index in [1.54, 1.807) is 12.4 Å². The summed E-state index contributed by atoms with van der Waals surface area (Å²) in [5, 5.41) is 0. The van der Waals surface area contributed by atoms with Crippen LogP contribution in [0.2, 0.25) is 0 Å². The minimum Gasteiger partial charge on any atom is -0.381 e. The van der Waals surface area contributed by atoms with Gasteiger partial charge >= 0.3 is 0 Å². The van der Waals surface area contributed by atoms with Crippen LogP contribution in [0.5, 0.6) is 0 Å². The molecule has 0 aromatic carbocycles. The fourth-order valence-electron chi connectivity index (χ4n) is 2.24. The van der Waals surface area contributed by atoms with Gasteiger partial charge < -0.3 is 9.30 Å². The second-order valence-corrected chi connectivity index (χ2v) is 5.32. The van der Waals surface area contributed by atoms with Gasteiger partial charge in [-0.25, -0.2) is 4.98 Å². The molecule has 1 aliphatic rings. The number of pyridine rings is 1. The maximum atomic E-state index is 5.96. The van der Waals surface area contributed by atoms with E-state index in [0.717, 1.165) is 49.0 Å². The first-order chi connectivity index (χ1) is 9.38. The highest BCUT2D eigenvalue weighted by atomic mass is 35.5. The van der Waals surface area contributed by atoms with E-state index in [1.807, 2.05) is 6.07 Å². The van der Waals surface area contributed by atoms with E-state index in [4.69, 9.17) is 16.3 Å². The number of hydrogen-bond acceptors (Lipinski definition) is 3. The lowest BCUT2D eigenvalue weighted by Crippen LogP contribution is -2.06. The molecule has 2 aromatic rings. The number of imidazole rings is 1. The van der Waals surface area contributed by atoms with Crippen molar-refractivity contribution >= 4 is 22.6 Å². The highest BCUT2D eigenvalue weighted by Crippen LogP contribution is 2.28. The zero-order chi connectivity index (χ0) is 13.1. The Morgan fingerprint density at radius 3 is 3.11 bits per heavy atom. The Morgan fingerprint density at radius 1 is 1.42 bits per heavy atom. The molecule has 0 radical (unpaired) electrons. The molecule has 0 bridgehead atoms. The molecule has 0 atom stereocenters. The van der Waals surface area contributed by atoms with E-state index in [-0.39, 0.29) is 0 Å². The van der Waals surface area contributed by atoms with E-state index in [1.165, 1.54) is 12.8 Å². The van der Waals surface area contributed by atoms with E-state index >= 15 is 0 Å². The van der Waals surface area contributed by atoms with Gasteiger partial charge in [0.15, 0.2) is 0 Å². The van der Waals surface area contributed by atoms with Gasteiger partial charge in [-0.1, -0.05) is 0 Å². The molecular weight excluding hydrogens is 262 g/mol. The van der Waals surface area contributed by atoms with Gasteiger partial charge in [0.25, 0.3) is 0 Å². The number of alkyl halides is 1. The molecule has 0 spiro atoms. The SMILES string of the molecule is ClCc1nc2cnccc2n1CCCOCC1CC1. The Kier molecular flexibility index (Phi) is 3.99. The molecule has 0 saturated heterocycles. The molecule has 1 saturated carbocycles. The standard InChI is InChI=1S/C14H18ClN3O/c15-8-14-17-12-9-16-5-4-13(12)18(14)6-1-7-19-10-11-2-3-11/h4-5,9,11H,1-3,6-8,10H2. The number of nitrogens with zero attached hydrogens (tertiary/aromatic N) is 3. The van der Waals surface area contributed by atoms with Crippen LogP contribution >= 0.6 is 11.6 Å². The van der Waals surface area contributed by atoms with E-state index in [9.17, 15) is 0 Å². The first-order valence-corrected chi connectivity index (χ1v) is 7.35. The fraction of sp³-hybridized carbons (Fsp3) is 0.571. The van der Waals surface area contributed by atoms with E-state index in [0.29, 0.717) is 5.88 Å². The molecule has 3 rings (SSSR count). The van der Waals surface area contributed by atoms with Crippen molar-refractivity contribution in [2.45, 2.75) is 31.7 Å². The van der Waals surface area contributed by atoms with Crippen molar-refractivity contribution in [3.63, 3.8) is 0 Å². The van der Waals surface area contributed by atoms with Gasteiger partial charge in [0.1, 0.15) is 11.3 Å². The molecule has 0 unspecified atom stereocenters. The molecule has 0 amide bonds. The fourth-order valence-corrected chi connectivity index (χ4v) is 2.45. The van der Waals surface area contributed by atoms with Crippen molar-refractivity contribution in [3.05, 3.63) is 24.3 Å². The first kappa shape index (κ1) is 12.9. The van der Waals surface area contributed by atoms with Crippen molar-refractivity contribution in [1.82, 2.24) is 14.5 Å². The number of rotatable bonds is 7. The van der Waals surface area contributed by atoms with Gasteiger partial charge in [0, 0.05) is 26.0 Å². The van der Waals surface area contributed by atoms with Crippen molar-refractivity contribution < 1.29 is 4.74 Å². The Hall–Kier alpha value is -1.13. The monoisotopic (exact) mass is 279 g/mol. The Balaban J connectivity index is 1.61. The summed E-state index contributed by atoms with van der Waals surface area (Å²) >= 11 is 5.96. The van der Waals surface area contributed by atoms with Gasteiger partial charge in [-0.05, 0) is 31.2 Å². The average molecular weight is 280 g/mol. The lowest BCUT2D eigenvalue weighted by Gasteiger charge is -2.08. The number of hydrogen-bond donors (Lipinski definition) is 0. The van der Waals surface area contributed by atoms with Crippen molar-refractivity contribution in [3.8, 4) is 0 Å². The summed E-state index contributed by atoms with van der Waals surface area (Å²) in [5.41, 5.74) is 2.02. The van der Waals surface area contributed by atoms with Crippen LogP contribution in [0.3, 0.4) is 0 Å². The molecule has 0 N–H and O–H groups in total. The highest BCUT2D eigenvalue weighted by molar-refractivity contribution is 6.16. The molecule has 1 fully saturated rings. The number of aromatic nitrogens is 3. The van der Waals surface area contributed by atoms with Gasteiger partial charge in [0.2, 0.25) is 0 Å². The topological polar surface area (TPSA) is 39.9 Å². The number of ether oxygens (including phenoxy) is 1. The minimum absolute atomic E-state index is 0.428. The molecule has 4 nitrogen and oxygen atoms in total. The van der Waals surface area contributed by atoms with Crippen molar-refractivity contribution in [1.29, 1.82) is 0 Å². The zero-order valence-corrected chi connectivity index (χ0v) is 11.6. The molecule has 5 heteroatoms. The maximum Gasteiger partial charge on any atom is 0.124 e. The summed E-state index contributed by atoms with van der Waals surface area (Å²) < 4.78 is 7.83. The summed E-state index contributed by atoms with van der Waals surface area (Å²) in [7, 11) is 0. The van der Waals surface area contributed by atoms with Crippen LogP contribution in [-0.4, -0.2) is 27.7 Å². The van der Waals surface area contributed by atoms with Crippen LogP contribution in [0, 0.1) is 5.92 Å². The third-order valence-corrected chi connectivity index (χ3v) is 3.71. The molecule has 19 heavy (non-hydrogen) atoms. The van der Waals surface area contributed by atoms with Crippen LogP contribution in [0.15, 0.2) is 18.5 Å². The third-order valence-electron chi connectivity index (χ3n) is 3.47. The number of aryl methyl sites for hydroxylation is 1. The summed E-state index contributed by atoms with van der Waals surface area (Å²) in [6.07, 6.45) is 7.25. The molecule has 0 aliphatic heterocycles. The summed E-state index contributed by atoms with van der Waals surface area (Å²) in [6.45, 7) is 2.63. The predicted molar refractivity (Wildman–Crippen MR) is 75.2 cm³/mol. The van der Waals surface area contributed by atoms with Crippen LogP contribution < -0.4 is 0 Å². The van der Waals surface area contributed by atoms with Gasteiger partial charge in [-0.2, -0.15) is 0 Å². The lowest BCUT2D eigenvalue weighted by atomic mass is 10.3. The van der Waals surface area contributed by atoms with E-state index in [2.05, 4.69) is 14.5 Å². The third kappa shape index (κ3) is 3.07. The highest BCUT2D eigenvalue weighted by Gasteiger charge is 2.20. The number of fused-ring (bicyclic) bond motifs is 1. The lowest BCUT2D eigenvalue weighted by molar-refractivity contribution is 0.119.